The van der Waals surface area contributed by atoms with E-state index in [2.05, 4.69) is 17.1 Å². The second kappa shape index (κ2) is 12.0. The van der Waals surface area contributed by atoms with Crippen LogP contribution in [0.4, 0.5) is 5.69 Å². The van der Waals surface area contributed by atoms with Crippen molar-refractivity contribution in [1.82, 2.24) is 4.98 Å². The number of nitrogens with zero attached hydrogens (tertiary/aromatic N) is 1. The molecule has 3 fully saturated rings. The highest BCUT2D eigenvalue weighted by Gasteiger charge is 2.69. The van der Waals surface area contributed by atoms with Gasteiger partial charge in [-0.15, -0.1) is 11.8 Å². The largest absolute Gasteiger partial charge is 0.493 e. The zero-order chi connectivity index (χ0) is 33.3. The fraction of sp³-hybridized carbons (Fsp3) is 0.351. The first-order valence-electron chi connectivity index (χ1n) is 16.2. The van der Waals surface area contributed by atoms with Gasteiger partial charge in [0.2, 0.25) is 11.8 Å². The van der Waals surface area contributed by atoms with E-state index >= 15 is 0 Å². The molecule has 0 radical (unpaired) electrons. The Labute approximate surface area is 285 Å². The molecule has 5 unspecified atom stereocenters. The highest BCUT2D eigenvalue weighted by atomic mass is 32.2. The first kappa shape index (κ1) is 31.0. The van der Waals surface area contributed by atoms with Crippen molar-refractivity contribution in [2.75, 3.05) is 18.6 Å². The molecule has 7 atom stereocenters. The molecule has 1 saturated heterocycles. The van der Waals surface area contributed by atoms with Crippen molar-refractivity contribution in [3.63, 3.8) is 0 Å². The fourth-order valence-corrected chi connectivity index (χ4v) is 11.3. The van der Waals surface area contributed by atoms with Crippen molar-refractivity contribution < 1.29 is 28.6 Å². The predicted octanol–water partition coefficient (Wildman–Crippen LogP) is 6.19. The number of esters is 1. The van der Waals surface area contributed by atoms with Gasteiger partial charge in [0.1, 0.15) is 6.61 Å². The number of hydrogen-bond acceptors (Lipinski definition) is 9. The summed E-state index contributed by atoms with van der Waals surface area (Å²) in [6.45, 7) is 4.45. The summed E-state index contributed by atoms with van der Waals surface area (Å²) in [5, 5.41) is 0.910. The number of amides is 2. The molecule has 4 aliphatic rings. The van der Waals surface area contributed by atoms with E-state index in [-0.39, 0.29) is 52.2 Å². The number of anilines is 1. The number of rotatable bonds is 8. The number of hydrogen-bond donors (Lipinski definition) is 1. The average Bonchev–Trinajstić information content (AvgIpc) is 3.83. The van der Waals surface area contributed by atoms with Gasteiger partial charge in [-0.05, 0) is 85.5 Å². The number of aryl methyl sites for hydroxylation is 1. The summed E-state index contributed by atoms with van der Waals surface area (Å²) < 4.78 is 17.1. The van der Waals surface area contributed by atoms with Crippen LogP contribution in [0.5, 0.6) is 11.5 Å². The highest BCUT2D eigenvalue weighted by molar-refractivity contribution is 8.00. The number of thiazole rings is 1. The number of thioether (sulfide) groups is 1. The first-order chi connectivity index (χ1) is 23.3. The number of aromatic amines is 1. The van der Waals surface area contributed by atoms with Crippen LogP contribution in [0.2, 0.25) is 0 Å². The molecular formula is C37H34N2O7S2. The second-order valence-electron chi connectivity index (χ2n) is 12.9. The SMILES string of the molecule is CCOC(=O)c1ccc(N2C(=O)C3C(C2=O)[C@@H]2C[C@H]3C3Sc4[nH]c(=O)sc4C(c4ccc(OCc5ccc(C)cc5)c(OC)c4)C32)cc1. The summed E-state index contributed by atoms with van der Waals surface area (Å²) in [7, 11) is 1.62. The molecule has 1 N–H and O–H groups in total. The molecule has 2 aliphatic heterocycles. The lowest BCUT2D eigenvalue weighted by Crippen LogP contribution is -2.42. The van der Waals surface area contributed by atoms with Gasteiger partial charge in [0.15, 0.2) is 11.5 Å². The third kappa shape index (κ3) is 4.89. The Hall–Kier alpha value is -4.35. The number of carbonyl (C=O) groups excluding carboxylic acids is 3. The van der Waals surface area contributed by atoms with Gasteiger partial charge in [0.25, 0.3) is 0 Å². The van der Waals surface area contributed by atoms with Crippen LogP contribution in [0, 0.1) is 36.5 Å². The van der Waals surface area contributed by atoms with E-state index in [4.69, 9.17) is 14.2 Å². The zero-order valence-electron chi connectivity index (χ0n) is 26.6. The number of methoxy groups -OCH3 is 1. The van der Waals surface area contributed by atoms with Gasteiger partial charge in [-0.1, -0.05) is 47.2 Å². The lowest BCUT2D eigenvalue weighted by molar-refractivity contribution is -0.123. The van der Waals surface area contributed by atoms with Crippen molar-refractivity contribution in [2.24, 2.45) is 29.6 Å². The van der Waals surface area contributed by atoms with Crippen molar-refractivity contribution >= 4 is 46.6 Å². The summed E-state index contributed by atoms with van der Waals surface area (Å²) >= 11 is 2.88. The van der Waals surface area contributed by atoms with E-state index in [1.165, 1.54) is 21.8 Å². The summed E-state index contributed by atoms with van der Waals surface area (Å²) in [6.07, 6.45) is 0.787. The Morgan fingerprint density at radius 3 is 2.38 bits per heavy atom. The molecule has 3 heterocycles. The number of H-pyrrole nitrogens is 1. The van der Waals surface area contributed by atoms with Crippen molar-refractivity contribution in [3.8, 4) is 11.5 Å². The maximum atomic E-state index is 14.1. The maximum Gasteiger partial charge on any atom is 0.338 e. The number of imide groups is 1. The summed E-state index contributed by atoms with van der Waals surface area (Å²) in [5.41, 5.74) is 4.07. The van der Waals surface area contributed by atoms with Crippen LogP contribution in [-0.4, -0.2) is 41.7 Å². The van der Waals surface area contributed by atoms with Crippen LogP contribution in [0.1, 0.15) is 51.2 Å². The van der Waals surface area contributed by atoms with Crippen LogP contribution in [0.3, 0.4) is 0 Å². The van der Waals surface area contributed by atoms with Gasteiger partial charge >= 0.3 is 10.8 Å². The van der Waals surface area contributed by atoms with Crippen LogP contribution >= 0.6 is 23.1 Å². The third-order valence-electron chi connectivity index (χ3n) is 10.4. The van der Waals surface area contributed by atoms with E-state index in [9.17, 15) is 19.2 Å². The fourth-order valence-electron chi connectivity index (χ4n) is 8.45. The number of fused-ring (bicyclic) bond motifs is 9. The van der Waals surface area contributed by atoms with E-state index in [0.717, 1.165) is 27.5 Å². The van der Waals surface area contributed by atoms with Crippen LogP contribution in [0.15, 0.2) is 76.6 Å². The van der Waals surface area contributed by atoms with E-state index < -0.39 is 17.8 Å². The molecule has 246 valence electrons. The first-order valence-corrected chi connectivity index (χ1v) is 17.9. The highest BCUT2D eigenvalue weighted by Crippen LogP contribution is 2.68. The lowest BCUT2D eigenvalue weighted by atomic mass is 9.68. The third-order valence-corrected chi connectivity index (χ3v) is 13.0. The molecular weight excluding hydrogens is 649 g/mol. The topological polar surface area (TPSA) is 115 Å². The standard InChI is InChI=1S/C37H34N2O7S2/c1-4-45-36(42)20-9-12-22(13-10-20)39-34(40)29-23-16-24(30(29)35(39)41)31-28(23)27(32-33(47-31)38-37(43)48-32)21-11-14-25(26(15-21)44-3)46-17-19-7-5-18(2)6-8-19/h5-15,23-24,27-31H,4,16-17H2,1-3H3,(H,38,43)/t23-,24-,27?,28?,29?,30?,31?/m1/s1. The minimum Gasteiger partial charge on any atom is -0.493 e. The molecule has 11 heteroatoms. The average molecular weight is 683 g/mol. The van der Waals surface area contributed by atoms with E-state index in [1.54, 1.807) is 50.1 Å². The number of carbonyl (C=O) groups is 3. The summed E-state index contributed by atoms with van der Waals surface area (Å²) in [6, 6.07) is 20.6. The molecule has 2 bridgehead atoms. The molecule has 2 aliphatic carbocycles. The molecule has 2 saturated carbocycles. The lowest BCUT2D eigenvalue weighted by Gasteiger charge is -2.43. The quantitative estimate of drug-likeness (QED) is 0.173. The minimum absolute atomic E-state index is 0.00619. The monoisotopic (exact) mass is 682 g/mol. The Morgan fingerprint density at radius 2 is 1.67 bits per heavy atom. The van der Waals surface area contributed by atoms with Gasteiger partial charge in [-0.25, -0.2) is 4.79 Å². The van der Waals surface area contributed by atoms with Gasteiger partial charge in [0, 0.05) is 16.0 Å². The minimum atomic E-state index is -0.446. The molecule has 3 aromatic carbocycles. The predicted molar refractivity (Wildman–Crippen MR) is 182 cm³/mol. The van der Waals surface area contributed by atoms with E-state index in [0.29, 0.717) is 29.4 Å². The number of ether oxygens (including phenoxy) is 3. The Kier molecular flexibility index (Phi) is 7.71. The van der Waals surface area contributed by atoms with Crippen molar-refractivity contribution in [2.45, 2.75) is 43.1 Å². The Bertz CT molecular complexity index is 1990. The molecule has 4 aromatic rings. The van der Waals surface area contributed by atoms with Crippen LogP contribution < -0.4 is 19.2 Å². The Balaban J connectivity index is 1.11. The number of benzene rings is 3. The number of nitrogens with one attached hydrogen (secondary N) is 1. The Morgan fingerprint density at radius 1 is 0.938 bits per heavy atom. The second-order valence-corrected chi connectivity index (χ2v) is 15.1. The molecule has 9 nitrogen and oxygen atoms in total. The summed E-state index contributed by atoms with van der Waals surface area (Å²) in [4.78, 5) is 58.3. The maximum absolute atomic E-state index is 14.1. The molecule has 0 spiro atoms. The van der Waals surface area contributed by atoms with Crippen molar-refractivity contribution in [1.29, 1.82) is 0 Å². The van der Waals surface area contributed by atoms with Crippen molar-refractivity contribution in [3.05, 3.63) is 104 Å². The normalized spacial score (nSPS) is 26.6. The van der Waals surface area contributed by atoms with E-state index in [1.807, 2.05) is 37.3 Å². The van der Waals surface area contributed by atoms with Gasteiger partial charge in [0.05, 0.1) is 41.8 Å². The number of aromatic nitrogens is 1. The molecule has 48 heavy (non-hydrogen) atoms. The van der Waals surface area contributed by atoms with Gasteiger partial charge in [-0.3, -0.25) is 19.3 Å². The van der Waals surface area contributed by atoms with Crippen LogP contribution in [0.25, 0.3) is 0 Å². The summed E-state index contributed by atoms with van der Waals surface area (Å²) in [5.74, 6) is -0.576. The van der Waals surface area contributed by atoms with Gasteiger partial charge in [-0.2, -0.15) is 0 Å². The molecule has 8 rings (SSSR count). The molecule has 1 aromatic heterocycles. The van der Waals surface area contributed by atoms with Gasteiger partial charge < -0.3 is 19.2 Å². The smallest absolute Gasteiger partial charge is 0.338 e. The van der Waals surface area contributed by atoms with Crippen LogP contribution in [-0.2, 0) is 20.9 Å². The zero-order valence-corrected chi connectivity index (χ0v) is 28.3. The molecule has 2 amide bonds.